The van der Waals surface area contributed by atoms with E-state index < -0.39 is 0 Å². The van der Waals surface area contributed by atoms with E-state index in [1.807, 2.05) is 59.1 Å². The number of fused-ring (bicyclic) bond motifs is 1. The predicted octanol–water partition coefficient (Wildman–Crippen LogP) is 6.02. The maximum absolute atomic E-state index is 6.10. The Morgan fingerprint density at radius 2 is 1.67 bits per heavy atom. The highest BCUT2D eigenvalue weighted by Crippen LogP contribution is 2.53. The van der Waals surface area contributed by atoms with E-state index in [2.05, 4.69) is 38.3 Å². The molecule has 1 aliphatic carbocycles. The van der Waals surface area contributed by atoms with Crippen LogP contribution in [0.2, 0.25) is 5.02 Å². The number of nitrogens with zero attached hydrogens (tertiary/aromatic N) is 3. The topological polar surface area (TPSA) is 39.4 Å². The van der Waals surface area contributed by atoms with E-state index in [0.29, 0.717) is 11.4 Å². The number of rotatable bonds is 4. The Bertz CT molecular complexity index is 1140. The molecular weight excluding hydrogens is 426 g/mol. The maximum atomic E-state index is 6.10. The molecule has 0 atom stereocenters. The molecule has 1 fully saturated rings. The molecule has 2 aromatic carbocycles. The maximum Gasteiger partial charge on any atom is 0.203 e. The average Bonchev–Trinajstić information content (AvgIpc) is 3.36. The molecule has 5 rings (SSSR count). The number of hydrogen-bond donors (Lipinski definition) is 0. The van der Waals surface area contributed by atoms with Gasteiger partial charge in [-0.1, -0.05) is 35.9 Å². The van der Waals surface area contributed by atoms with E-state index in [0.717, 1.165) is 33.9 Å². The Balaban J connectivity index is 1.58. The lowest BCUT2D eigenvalue weighted by Gasteiger charge is -2.14. The van der Waals surface area contributed by atoms with Crippen molar-refractivity contribution in [3.63, 3.8) is 0 Å². The summed E-state index contributed by atoms with van der Waals surface area (Å²) in [4.78, 5) is 0. The van der Waals surface area contributed by atoms with Gasteiger partial charge in [-0.2, -0.15) is 0 Å². The highest BCUT2D eigenvalue weighted by atomic mass is 79.9. The lowest BCUT2D eigenvalue weighted by molar-refractivity contribution is 0.481. The fourth-order valence-corrected chi connectivity index (χ4v) is 3.97. The van der Waals surface area contributed by atoms with Crippen LogP contribution in [-0.4, -0.2) is 14.6 Å². The monoisotopic (exact) mass is 439 g/mol. The number of pyridine rings is 1. The average molecular weight is 441 g/mol. The molecule has 0 N–H and O–H groups in total. The zero-order chi connectivity index (χ0) is 18.4. The molecule has 4 nitrogen and oxygen atoms in total. The van der Waals surface area contributed by atoms with Gasteiger partial charge in [-0.05, 0) is 70.7 Å². The van der Waals surface area contributed by atoms with Crippen molar-refractivity contribution in [3.8, 4) is 11.5 Å². The van der Waals surface area contributed by atoms with Crippen LogP contribution in [-0.2, 0) is 5.41 Å². The van der Waals surface area contributed by atoms with E-state index in [1.165, 1.54) is 5.56 Å². The SMILES string of the molecule is Clc1ccc(C2(c3nnc4c(Oc5ccccc5Br)cccn34)CC2)cc1. The lowest BCUT2D eigenvalue weighted by atomic mass is 9.95. The van der Waals surface area contributed by atoms with Crippen molar-refractivity contribution in [2.45, 2.75) is 18.3 Å². The molecule has 2 heterocycles. The van der Waals surface area contributed by atoms with Crippen LogP contribution in [0.25, 0.3) is 5.65 Å². The molecule has 0 amide bonds. The van der Waals surface area contributed by atoms with E-state index in [4.69, 9.17) is 16.3 Å². The summed E-state index contributed by atoms with van der Waals surface area (Å²) in [6, 6.07) is 19.7. The molecule has 0 saturated heterocycles. The van der Waals surface area contributed by atoms with Gasteiger partial charge in [0.25, 0.3) is 0 Å². The van der Waals surface area contributed by atoms with E-state index in [-0.39, 0.29) is 5.41 Å². The van der Waals surface area contributed by atoms with Crippen molar-refractivity contribution >= 4 is 33.2 Å². The molecule has 0 unspecified atom stereocenters. The van der Waals surface area contributed by atoms with Crippen molar-refractivity contribution in [1.29, 1.82) is 0 Å². The predicted molar refractivity (Wildman–Crippen MR) is 109 cm³/mol. The Morgan fingerprint density at radius 1 is 0.926 bits per heavy atom. The highest BCUT2D eigenvalue weighted by Gasteiger charge is 2.49. The Labute approximate surface area is 169 Å². The van der Waals surface area contributed by atoms with E-state index in [1.54, 1.807) is 0 Å². The molecule has 1 saturated carbocycles. The minimum absolute atomic E-state index is 0.101. The van der Waals surface area contributed by atoms with Crippen LogP contribution in [0.5, 0.6) is 11.5 Å². The largest absolute Gasteiger partial charge is 0.452 e. The van der Waals surface area contributed by atoms with E-state index >= 15 is 0 Å². The number of para-hydroxylation sites is 1. The summed E-state index contributed by atoms with van der Waals surface area (Å²) in [5.41, 5.74) is 1.83. The third kappa shape index (κ3) is 2.82. The van der Waals surface area contributed by atoms with Crippen LogP contribution in [0.1, 0.15) is 24.2 Å². The molecular formula is C21H15BrClN3O. The third-order valence-corrected chi connectivity index (χ3v) is 5.94. The van der Waals surface area contributed by atoms with Crippen LogP contribution >= 0.6 is 27.5 Å². The van der Waals surface area contributed by atoms with Crippen molar-refractivity contribution < 1.29 is 4.74 Å². The van der Waals surface area contributed by atoms with Crippen molar-refractivity contribution in [1.82, 2.24) is 14.6 Å². The smallest absolute Gasteiger partial charge is 0.203 e. The first-order valence-corrected chi connectivity index (χ1v) is 9.87. The number of halogens is 2. The lowest BCUT2D eigenvalue weighted by Crippen LogP contribution is -2.13. The molecule has 4 aromatic rings. The van der Waals surface area contributed by atoms with Gasteiger partial charge in [0.1, 0.15) is 11.6 Å². The standard InChI is InChI=1S/C21H15BrClN3O/c22-16-4-1-2-5-17(16)27-18-6-3-13-26-19(18)24-25-20(26)21(11-12-21)14-7-9-15(23)10-8-14/h1-10,13H,11-12H2. The van der Waals surface area contributed by atoms with Crippen LogP contribution in [0, 0.1) is 0 Å². The van der Waals surface area contributed by atoms with Gasteiger partial charge in [-0.25, -0.2) is 0 Å². The first kappa shape index (κ1) is 16.8. The van der Waals surface area contributed by atoms with Crippen LogP contribution in [0.15, 0.2) is 71.3 Å². The molecule has 2 aromatic heterocycles. The van der Waals surface area contributed by atoms with Gasteiger partial charge in [-0.3, -0.25) is 4.40 Å². The third-order valence-electron chi connectivity index (χ3n) is 5.03. The Hall–Kier alpha value is -2.37. The van der Waals surface area contributed by atoms with Gasteiger partial charge < -0.3 is 4.74 Å². The number of ether oxygens (including phenoxy) is 1. The Morgan fingerprint density at radius 3 is 2.41 bits per heavy atom. The number of aromatic nitrogens is 3. The van der Waals surface area contributed by atoms with E-state index in [9.17, 15) is 0 Å². The second-order valence-electron chi connectivity index (χ2n) is 6.71. The summed E-state index contributed by atoms with van der Waals surface area (Å²) in [5, 5.41) is 9.72. The molecule has 0 aliphatic heterocycles. The zero-order valence-electron chi connectivity index (χ0n) is 14.3. The highest BCUT2D eigenvalue weighted by molar-refractivity contribution is 9.10. The normalized spacial score (nSPS) is 15.0. The van der Waals surface area contributed by atoms with Gasteiger partial charge in [0.2, 0.25) is 5.65 Å². The first-order chi connectivity index (χ1) is 13.2. The number of hydrogen-bond acceptors (Lipinski definition) is 3. The molecule has 0 radical (unpaired) electrons. The second-order valence-corrected chi connectivity index (χ2v) is 8.00. The fourth-order valence-electron chi connectivity index (χ4n) is 3.48. The van der Waals surface area contributed by atoms with Crippen LogP contribution in [0.4, 0.5) is 0 Å². The quantitative estimate of drug-likeness (QED) is 0.390. The molecule has 0 bridgehead atoms. The molecule has 6 heteroatoms. The van der Waals surface area contributed by atoms with Crippen molar-refractivity contribution in [2.24, 2.45) is 0 Å². The van der Waals surface area contributed by atoms with Gasteiger partial charge in [0.15, 0.2) is 5.75 Å². The number of benzene rings is 2. The van der Waals surface area contributed by atoms with Gasteiger partial charge >= 0.3 is 0 Å². The summed E-state index contributed by atoms with van der Waals surface area (Å²) in [5.74, 6) is 2.36. The summed E-state index contributed by atoms with van der Waals surface area (Å²) < 4.78 is 9.03. The molecule has 134 valence electrons. The van der Waals surface area contributed by atoms with Gasteiger partial charge in [-0.15, -0.1) is 10.2 Å². The Kier molecular flexibility index (Phi) is 3.95. The van der Waals surface area contributed by atoms with Crippen LogP contribution in [0.3, 0.4) is 0 Å². The fraction of sp³-hybridized carbons (Fsp3) is 0.143. The molecule has 0 spiro atoms. The summed E-state index contributed by atoms with van der Waals surface area (Å²) in [6.07, 6.45) is 4.09. The summed E-state index contributed by atoms with van der Waals surface area (Å²) in [7, 11) is 0. The minimum Gasteiger partial charge on any atom is -0.452 e. The van der Waals surface area contributed by atoms with Crippen molar-refractivity contribution in [3.05, 3.63) is 87.7 Å². The zero-order valence-corrected chi connectivity index (χ0v) is 16.6. The van der Waals surface area contributed by atoms with Crippen molar-refractivity contribution in [2.75, 3.05) is 0 Å². The van der Waals surface area contributed by atoms with Crippen LogP contribution < -0.4 is 4.74 Å². The molecule has 1 aliphatic rings. The second kappa shape index (κ2) is 6.36. The first-order valence-electron chi connectivity index (χ1n) is 8.70. The summed E-state index contributed by atoms with van der Waals surface area (Å²) in [6.45, 7) is 0. The van der Waals surface area contributed by atoms with Gasteiger partial charge in [0.05, 0.1) is 9.89 Å². The molecule has 27 heavy (non-hydrogen) atoms. The summed E-state index contributed by atoms with van der Waals surface area (Å²) >= 11 is 9.58. The van der Waals surface area contributed by atoms with Gasteiger partial charge in [0, 0.05) is 11.2 Å². The minimum atomic E-state index is -0.101.